The topological polar surface area (TPSA) is 71.3 Å². The van der Waals surface area contributed by atoms with Crippen molar-refractivity contribution in [2.24, 2.45) is 34.0 Å². The van der Waals surface area contributed by atoms with Gasteiger partial charge in [0.1, 0.15) is 5.78 Å². The maximum Gasteiger partial charge on any atom is 0.134 e. The fraction of sp³-hybridized carbons (Fsp3) is 0.508. The molecule has 0 spiro atoms. The Morgan fingerprint density at radius 2 is 0.817 bits per heavy atom. The van der Waals surface area contributed by atoms with Crippen LogP contribution >= 0.6 is 0 Å². The average molecular weight is 956 g/mol. The number of Topliss-reactive ketones (excluding diaryl/α,β-unsaturated/α-hetero) is 1. The van der Waals surface area contributed by atoms with Crippen LogP contribution < -0.4 is 35.6 Å². The fourth-order valence-electron chi connectivity index (χ4n) is 13.7. The largest absolute Gasteiger partial charge is 0.399 e. The van der Waals surface area contributed by atoms with Crippen molar-refractivity contribution in [2.45, 2.75) is 113 Å². The van der Waals surface area contributed by atoms with Crippen molar-refractivity contribution in [1.82, 2.24) is 5.32 Å². The van der Waals surface area contributed by atoms with Gasteiger partial charge in [0.05, 0.1) is 12.1 Å². The summed E-state index contributed by atoms with van der Waals surface area (Å²) >= 11 is 0. The number of nitrogens with one attached hydrogen (secondary N) is 1. The average Bonchev–Trinajstić information content (AvgIpc) is 3.87. The highest BCUT2D eigenvalue weighted by Crippen LogP contribution is 2.46. The monoisotopic (exact) mass is 956 g/mol. The van der Waals surface area contributed by atoms with Gasteiger partial charge in [0, 0.05) is 98.9 Å². The lowest BCUT2D eigenvalue weighted by molar-refractivity contribution is -0.116. The van der Waals surface area contributed by atoms with E-state index in [0.29, 0.717) is 47.2 Å². The normalized spacial score (nSPS) is 25.8. The number of carbonyl (C=O) groups is 1. The Balaban J connectivity index is 0.000000135. The van der Waals surface area contributed by atoms with Crippen LogP contribution in [0.1, 0.15) is 90.0 Å². The first-order valence-electron chi connectivity index (χ1n) is 26.9. The number of ketones is 1. The smallest absolute Gasteiger partial charge is 0.134 e. The lowest BCUT2D eigenvalue weighted by atomic mass is 9.73. The number of nitrogen functional groups attached to an aromatic ring is 1. The van der Waals surface area contributed by atoms with Gasteiger partial charge in [-0.05, 0) is 166 Å². The zero-order chi connectivity index (χ0) is 50.2. The molecule has 378 valence electrons. The summed E-state index contributed by atoms with van der Waals surface area (Å²) in [5, 5.41) is 3.63. The van der Waals surface area contributed by atoms with Crippen molar-refractivity contribution < 1.29 is 4.79 Å². The van der Waals surface area contributed by atoms with E-state index in [4.69, 9.17) is 5.73 Å². The molecule has 0 aromatic heterocycles. The van der Waals surface area contributed by atoms with Gasteiger partial charge in [-0.1, -0.05) is 107 Å². The number of hydrogen-bond acceptors (Lipinski definition) is 8. The Morgan fingerprint density at radius 1 is 0.465 bits per heavy atom. The summed E-state index contributed by atoms with van der Waals surface area (Å²) in [4.78, 5) is 24.5. The first-order valence-corrected chi connectivity index (χ1v) is 26.9. The van der Waals surface area contributed by atoms with E-state index in [2.05, 4.69) is 201 Å². The van der Waals surface area contributed by atoms with Crippen molar-refractivity contribution in [3.05, 3.63) is 144 Å². The number of benzene rings is 5. The van der Waals surface area contributed by atoms with Gasteiger partial charge >= 0.3 is 0 Å². The van der Waals surface area contributed by atoms with Crippen molar-refractivity contribution >= 4 is 39.9 Å². The third kappa shape index (κ3) is 11.6. The predicted molar refractivity (Wildman–Crippen MR) is 302 cm³/mol. The van der Waals surface area contributed by atoms with Gasteiger partial charge in [-0.2, -0.15) is 0 Å². The van der Waals surface area contributed by atoms with E-state index in [1.54, 1.807) is 6.92 Å². The molecule has 0 unspecified atom stereocenters. The third-order valence-electron chi connectivity index (χ3n) is 17.3. The van der Waals surface area contributed by atoms with Gasteiger partial charge in [-0.3, -0.25) is 4.79 Å². The minimum absolute atomic E-state index is 0.219. The molecule has 14 rings (SSSR count). The molecule has 71 heavy (non-hydrogen) atoms. The molecule has 5 aromatic rings. The third-order valence-corrected chi connectivity index (χ3v) is 17.3. The highest BCUT2D eigenvalue weighted by Gasteiger charge is 2.48. The Kier molecular flexibility index (Phi) is 14.6. The summed E-state index contributed by atoms with van der Waals surface area (Å²) in [5.74, 6) is 2.36. The summed E-state index contributed by atoms with van der Waals surface area (Å²) in [6, 6.07) is 45.8. The zero-order valence-corrected chi connectivity index (χ0v) is 44.9. The minimum atomic E-state index is 0.219. The lowest BCUT2D eigenvalue weighted by Crippen LogP contribution is -2.53. The number of carbonyl (C=O) groups excluding carboxylic acids is 1. The lowest BCUT2D eigenvalue weighted by Gasteiger charge is -2.48. The molecule has 8 nitrogen and oxygen atoms in total. The SMILES string of the molecule is CC(=O)Cc1ccc(N2C[C@@H]3CN(c4ccc(C)cc4)[C@H](C2)C(C)(C)C3)cc1.Cc1ccc(N2C[C@H]3CN(c4ccc(N)cc4)C[C@@H]2C(C)(C)C3)cc1.Cc1ccc(N2C[C@H]3CNC[C@@H]2C(C)(C)C3)cc1. The Hall–Kier alpha value is -5.47. The summed E-state index contributed by atoms with van der Waals surface area (Å²) in [5.41, 5.74) is 19.5. The standard InChI is InChI=1S/C25H32N2O.C22H29N3.C16H24N2/c1-18-5-9-23(10-6-18)27-16-21-14-25(3,4)24(27)17-26(15-21)22-11-7-20(8-12-22)13-19(2)28;1-16-4-8-20(9-5-16)25-14-17-12-22(2,3)21(25)15-24(13-17)19-10-6-18(23)7-11-19;1-12-4-6-14(7-5-12)18-11-13-8-16(2,3)15(18)10-17-9-13/h5-12,21,24H,13-17H2,1-4H3;4-11,17,21H,12-15,23H2,1-3H3;4-7,13,15,17H,8-11H2,1-3H3/t21-,24-;17-,21-;13-,15-/m111/s1. The maximum atomic E-state index is 11.4. The van der Waals surface area contributed by atoms with Gasteiger partial charge in [-0.25, -0.2) is 0 Å². The first-order chi connectivity index (χ1) is 33.8. The van der Waals surface area contributed by atoms with Crippen molar-refractivity contribution in [1.29, 1.82) is 0 Å². The fourth-order valence-corrected chi connectivity index (χ4v) is 13.7. The second-order valence-electron chi connectivity index (χ2n) is 24.8. The summed E-state index contributed by atoms with van der Waals surface area (Å²) < 4.78 is 0. The molecule has 0 aliphatic carbocycles. The van der Waals surface area contributed by atoms with E-state index in [-0.39, 0.29) is 11.2 Å². The molecule has 0 saturated carbocycles. The van der Waals surface area contributed by atoms with Crippen LogP contribution in [0.25, 0.3) is 0 Å². The van der Waals surface area contributed by atoms with Crippen LogP contribution in [0.15, 0.2) is 121 Å². The minimum Gasteiger partial charge on any atom is -0.399 e. The molecule has 9 fully saturated rings. The summed E-state index contributed by atoms with van der Waals surface area (Å²) in [6.07, 6.45) is 4.46. The quantitative estimate of drug-likeness (QED) is 0.156. The molecule has 6 atom stereocenters. The van der Waals surface area contributed by atoms with Gasteiger partial charge < -0.3 is 35.6 Å². The number of hydrogen-bond donors (Lipinski definition) is 2. The van der Waals surface area contributed by atoms with E-state index in [9.17, 15) is 4.79 Å². The van der Waals surface area contributed by atoms with Gasteiger partial charge in [-0.15, -0.1) is 0 Å². The van der Waals surface area contributed by atoms with Gasteiger partial charge in [0.25, 0.3) is 0 Å². The van der Waals surface area contributed by atoms with E-state index in [1.165, 1.54) is 77.5 Å². The molecule has 9 aliphatic rings. The maximum absolute atomic E-state index is 11.4. The number of nitrogens with zero attached hydrogens (tertiary/aromatic N) is 5. The Bertz CT molecular complexity index is 2550. The molecule has 0 radical (unpaired) electrons. The second-order valence-corrected chi connectivity index (χ2v) is 24.8. The molecule has 8 heteroatoms. The Labute approximate surface area is 428 Å². The molecule has 9 aliphatic heterocycles. The zero-order valence-electron chi connectivity index (χ0n) is 44.9. The van der Waals surface area contributed by atoms with E-state index >= 15 is 0 Å². The highest BCUT2D eigenvalue weighted by molar-refractivity contribution is 5.78. The van der Waals surface area contributed by atoms with Gasteiger partial charge in [0.2, 0.25) is 0 Å². The molecule has 9 heterocycles. The summed E-state index contributed by atoms with van der Waals surface area (Å²) in [7, 11) is 0. The second kappa shape index (κ2) is 20.6. The van der Waals surface area contributed by atoms with Crippen LogP contribution in [-0.2, 0) is 11.2 Å². The Morgan fingerprint density at radius 3 is 1.24 bits per heavy atom. The summed E-state index contributed by atoms with van der Waals surface area (Å²) in [6.45, 7) is 32.9. The molecule has 0 amide bonds. The van der Waals surface area contributed by atoms with Crippen molar-refractivity contribution in [3.8, 4) is 0 Å². The molecular weight excluding hydrogens is 871 g/mol. The van der Waals surface area contributed by atoms with Crippen LogP contribution in [0.3, 0.4) is 0 Å². The number of fused-ring (bicyclic) bond motifs is 12. The number of aryl methyl sites for hydroxylation is 3. The van der Waals surface area contributed by atoms with Crippen LogP contribution in [-0.4, -0.2) is 82.8 Å². The molecule has 5 aromatic carbocycles. The number of rotatable bonds is 7. The molecule has 6 bridgehead atoms. The van der Waals surface area contributed by atoms with Crippen LogP contribution in [0, 0.1) is 54.8 Å². The van der Waals surface area contributed by atoms with E-state index < -0.39 is 0 Å². The van der Waals surface area contributed by atoms with Crippen molar-refractivity contribution in [3.63, 3.8) is 0 Å². The number of nitrogens with two attached hydrogens (primary N) is 1. The van der Waals surface area contributed by atoms with Crippen LogP contribution in [0.5, 0.6) is 0 Å². The van der Waals surface area contributed by atoms with Crippen LogP contribution in [0.4, 0.5) is 34.1 Å². The highest BCUT2D eigenvalue weighted by atomic mass is 16.1. The molecule has 3 N–H and O–H groups in total. The van der Waals surface area contributed by atoms with Crippen LogP contribution in [0.2, 0.25) is 0 Å². The molecule has 9 saturated heterocycles. The van der Waals surface area contributed by atoms with E-state index in [0.717, 1.165) is 63.0 Å². The number of anilines is 6. The predicted octanol–water partition coefficient (Wildman–Crippen LogP) is 12.0. The first kappa shape index (κ1) is 50.5. The van der Waals surface area contributed by atoms with Gasteiger partial charge in [0.15, 0.2) is 0 Å². The van der Waals surface area contributed by atoms with E-state index in [1.807, 2.05) is 12.1 Å². The van der Waals surface area contributed by atoms with Crippen molar-refractivity contribution in [2.75, 3.05) is 89.1 Å². The number of piperidine rings is 3. The molecular formula is C63H85N7O.